The molecule has 8 heteroatoms. The predicted molar refractivity (Wildman–Crippen MR) is 289 cm³/mol. The standard InChI is InChI=1S/C65H42N4O4/c1-3-33-68-49-13-9-15-51(39-49)70-61-21-11-23-63(57(61)41-66)72-53-31-27-43-35-47(29-25-45(43)37-53)65(59-19-7-5-17-55(59)56-18-6-8-20-60(56)65)48-30-26-46-38-54(32-28-44(46)36-48)73-64-24-12-22-62(58(64)42-67)71-52-16-10-14-50(40-52)69-34-4-2/h1-2,5-32,35-40,68-69H,33-34H2. The molecule has 8 nitrogen and oxygen atoms in total. The van der Waals surface area contributed by atoms with Gasteiger partial charge in [0, 0.05) is 23.5 Å². The van der Waals surface area contributed by atoms with E-state index in [2.05, 4.69) is 132 Å². The molecule has 0 unspecified atom stereocenters. The highest BCUT2D eigenvalue weighted by Gasteiger charge is 2.46. The van der Waals surface area contributed by atoms with Gasteiger partial charge in [-0.3, -0.25) is 0 Å². The molecule has 0 bridgehead atoms. The van der Waals surface area contributed by atoms with Crippen LogP contribution in [0.4, 0.5) is 11.4 Å². The van der Waals surface area contributed by atoms with Crippen LogP contribution in [0.3, 0.4) is 0 Å². The Morgan fingerprint density at radius 2 is 0.753 bits per heavy atom. The molecule has 0 radical (unpaired) electrons. The van der Waals surface area contributed by atoms with Crippen LogP contribution in [0.1, 0.15) is 33.4 Å². The van der Waals surface area contributed by atoms with Gasteiger partial charge in [0.05, 0.1) is 18.5 Å². The molecule has 0 saturated heterocycles. The first-order chi connectivity index (χ1) is 35.9. The maximum atomic E-state index is 10.3. The fourth-order valence-electron chi connectivity index (χ4n) is 9.80. The molecule has 0 saturated carbocycles. The third kappa shape index (κ3) is 8.60. The van der Waals surface area contributed by atoms with Crippen LogP contribution >= 0.6 is 0 Å². The number of terminal acetylenes is 2. The first kappa shape index (κ1) is 45.1. The highest BCUT2D eigenvalue weighted by Crippen LogP contribution is 2.57. The second-order valence-electron chi connectivity index (χ2n) is 17.4. The number of fused-ring (bicyclic) bond motifs is 5. The van der Waals surface area contributed by atoms with Gasteiger partial charge in [0.1, 0.15) is 69.3 Å². The minimum Gasteiger partial charge on any atom is -0.456 e. The molecule has 0 aromatic heterocycles. The van der Waals surface area contributed by atoms with Crippen LogP contribution in [-0.4, -0.2) is 13.1 Å². The Kier molecular flexibility index (Phi) is 12.1. The molecule has 0 heterocycles. The van der Waals surface area contributed by atoms with E-state index in [0.717, 1.165) is 44.0 Å². The Balaban J connectivity index is 0.917. The van der Waals surface area contributed by atoms with Gasteiger partial charge in [-0.2, -0.15) is 10.5 Å². The number of nitrogens with zero attached hydrogens (tertiary/aromatic N) is 2. The Labute approximate surface area is 423 Å². The minimum atomic E-state index is -0.669. The molecule has 2 N–H and O–H groups in total. The number of ether oxygens (including phenoxy) is 4. The number of benzene rings is 10. The van der Waals surface area contributed by atoms with Gasteiger partial charge in [-0.05, 0) is 140 Å². The summed E-state index contributed by atoms with van der Waals surface area (Å²) in [6, 6.07) is 72.6. The lowest BCUT2D eigenvalue weighted by Crippen LogP contribution is -2.28. The van der Waals surface area contributed by atoms with Crippen molar-refractivity contribution >= 4 is 32.9 Å². The summed E-state index contributed by atoms with van der Waals surface area (Å²) >= 11 is 0. The summed E-state index contributed by atoms with van der Waals surface area (Å²) in [6.45, 7) is 0.755. The van der Waals surface area contributed by atoms with Crippen molar-refractivity contribution in [3.05, 3.63) is 240 Å². The molecule has 0 fully saturated rings. The predicted octanol–water partition coefficient (Wildman–Crippen LogP) is 15.4. The average Bonchev–Trinajstić information content (AvgIpc) is 3.74. The molecular weight excluding hydrogens is 901 g/mol. The third-order valence-electron chi connectivity index (χ3n) is 13.0. The lowest BCUT2D eigenvalue weighted by atomic mass is 9.67. The zero-order chi connectivity index (χ0) is 49.7. The Morgan fingerprint density at radius 3 is 1.16 bits per heavy atom. The van der Waals surface area contributed by atoms with E-state index in [1.54, 1.807) is 36.4 Å². The third-order valence-corrected chi connectivity index (χ3v) is 13.0. The van der Waals surface area contributed by atoms with Gasteiger partial charge in [-0.15, -0.1) is 12.8 Å². The number of rotatable bonds is 14. The van der Waals surface area contributed by atoms with Crippen LogP contribution in [0.25, 0.3) is 32.7 Å². The molecule has 0 spiro atoms. The highest BCUT2D eigenvalue weighted by molar-refractivity contribution is 5.92. The number of nitrogens with one attached hydrogen (secondary N) is 2. The summed E-state index contributed by atoms with van der Waals surface area (Å²) in [4.78, 5) is 0. The van der Waals surface area contributed by atoms with Gasteiger partial charge in [0.15, 0.2) is 0 Å². The van der Waals surface area contributed by atoms with Crippen LogP contribution in [-0.2, 0) is 5.41 Å². The molecular formula is C65H42N4O4. The van der Waals surface area contributed by atoms with Crippen molar-refractivity contribution in [2.45, 2.75) is 5.41 Å². The molecule has 346 valence electrons. The van der Waals surface area contributed by atoms with E-state index in [4.69, 9.17) is 31.8 Å². The van der Waals surface area contributed by atoms with Crippen LogP contribution < -0.4 is 29.6 Å². The lowest BCUT2D eigenvalue weighted by Gasteiger charge is -2.34. The average molecular weight is 943 g/mol. The maximum absolute atomic E-state index is 10.3. The smallest absolute Gasteiger partial charge is 0.149 e. The van der Waals surface area contributed by atoms with Crippen LogP contribution in [0, 0.1) is 47.3 Å². The van der Waals surface area contributed by atoms with E-state index in [-0.39, 0.29) is 11.1 Å². The van der Waals surface area contributed by atoms with Gasteiger partial charge in [-0.1, -0.05) is 121 Å². The quantitative estimate of drug-likeness (QED) is 0.104. The zero-order valence-corrected chi connectivity index (χ0v) is 39.2. The molecule has 73 heavy (non-hydrogen) atoms. The highest BCUT2D eigenvalue weighted by atomic mass is 16.5. The summed E-state index contributed by atoms with van der Waals surface area (Å²) in [7, 11) is 0. The largest absolute Gasteiger partial charge is 0.456 e. The van der Waals surface area contributed by atoms with Crippen molar-refractivity contribution in [3.63, 3.8) is 0 Å². The number of nitriles is 2. The lowest BCUT2D eigenvalue weighted by molar-refractivity contribution is 0.457. The number of hydrogen-bond donors (Lipinski definition) is 2. The monoisotopic (exact) mass is 942 g/mol. The van der Waals surface area contributed by atoms with Crippen LogP contribution in [0.5, 0.6) is 46.0 Å². The second kappa shape index (κ2) is 19.6. The molecule has 0 atom stereocenters. The summed E-state index contributed by atoms with van der Waals surface area (Å²) in [6.07, 6.45) is 10.9. The second-order valence-corrected chi connectivity index (χ2v) is 17.4. The first-order valence-electron chi connectivity index (χ1n) is 23.6. The maximum Gasteiger partial charge on any atom is 0.149 e. The fourth-order valence-corrected chi connectivity index (χ4v) is 9.80. The van der Waals surface area contributed by atoms with Crippen molar-refractivity contribution in [3.8, 4) is 93.9 Å². The molecule has 1 aliphatic rings. The molecule has 0 aliphatic heterocycles. The summed E-state index contributed by atoms with van der Waals surface area (Å²) in [5, 5.41) is 31.0. The van der Waals surface area contributed by atoms with Gasteiger partial charge >= 0.3 is 0 Å². The molecule has 10 aromatic rings. The fraction of sp³-hybridized carbons (Fsp3) is 0.0462. The Morgan fingerprint density at radius 1 is 0.384 bits per heavy atom. The topological polar surface area (TPSA) is 109 Å². The normalized spacial score (nSPS) is 11.7. The van der Waals surface area contributed by atoms with E-state index in [0.29, 0.717) is 59.1 Å². The van der Waals surface area contributed by atoms with E-state index in [1.807, 2.05) is 72.8 Å². The van der Waals surface area contributed by atoms with Crippen molar-refractivity contribution in [1.82, 2.24) is 0 Å². The van der Waals surface area contributed by atoms with Gasteiger partial charge in [-0.25, -0.2) is 0 Å². The van der Waals surface area contributed by atoms with Gasteiger partial charge < -0.3 is 29.6 Å². The van der Waals surface area contributed by atoms with E-state index < -0.39 is 5.41 Å². The molecule has 11 rings (SSSR count). The number of hydrogen-bond acceptors (Lipinski definition) is 8. The van der Waals surface area contributed by atoms with E-state index in [1.165, 1.54) is 22.3 Å². The first-order valence-corrected chi connectivity index (χ1v) is 23.6. The Bertz CT molecular complexity index is 3710. The Hall–Kier alpha value is -10.4. The number of anilines is 2. The zero-order valence-electron chi connectivity index (χ0n) is 39.2. The van der Waals surface area contributed by atoms with E-state index >= 15 is 0 Å². The van der Waals surface area contributed by atoms with Crippen LogP contribution in [0.15, 0.2) is 206 Å². The van der Waals surface area contributed by atoms with Crippen LogP contribution in [0.2, 0.25) is 0 Å². The molecule has 10 aromatic carbocycles. The minimum absolute atomic E-state index is 0.275. The summed E-state index contributed by atoms with van der Waals surface area (Å²) in [5.74, 6) is 8.93. The van der Waals surface area contributed by atoms with Crippen molar-refractivity contribution in [1.29, 1.82) is 10.5 Å². The van der Waals surface area contributed by atoms with Crippen molar-refractivity contribution in [2.75, 3.05) is 23.7 Å². The SMILES string of the molecule is C#CCNc1cccc(Oc2cccc(Oc3ccc4cc(C5(c6ccc7cc(Oc8cccc(Oc9cccc(NCC#C)c9)c8C#N)ccc7c6)c6ccccc6-c6ccccc65)ccc4c3)c2C#N)c1. The van der Waals surface area contributed by atoms with Crippen molar-refractivity contribution in [2.24, 2.45) is 0 Å². The summed E-state index contributed by atoms with van der Waals surface area (Å²) < 4.78 is 25.3. The summed E-state index contributed by atoms with van der Waals surface area (Å²) in [5.41, 5.74) is 8.48. The molecule has 0 amide bonds. The van der Waals surface area contributed by atoms with Gasteiger partial charge in [0.25, 0.3) is 0 Å². The van der Waals surface area contributed by atoms with Gasteiger partial charge in [0.2, 0.25) is 0 Å². The molecule has 1 aliphatic carbocycles. The van der Waals surface area contributed by atoms with Crippen molar-refractivity contribution < 1.29 is 18.9 Å². The van der Waals surface area contributed by atoms with E-state index in [9.17, 15) is 10.5 Å².